The van der Waals surface area contributed by atoms with Gasteiger partial charge in [0.2, 0.25) is 0 Å². The van der Waals surface area contributed by atoms with Gasteiger partial charge in [-0.25, -0.2) is 0 Å². The van der Waals surface area contributed by atoms with Crippen molar-refractivity contribution in [2.75, 3.05) is 0 Å². The predicted molar refractivity (Wildman–Crippen MR) is 74.6 cm³/mol. The second kappa shape index (κ2) is 4.73. The minimum Gasteiger partial charge on any atom is -0.328 e. The number of hydrogen-bond donors (Lipinski definition) is 1. The van der Waals surface area contributed by atoms with E-state index in [2.05, 4.69) is 34.9 Å². The molecule has 1 aromatic carbocycles. The summed E-state index contributed by atoms with van der Waals surface area (Å²) < 4.78 is 2.21. The van der Waals surface area contributed by atoms with Crippen LogP contribution < -0.4 is 5.73 Å². The highest BCUT2D eigenvalue weighted by atomic mass is 15.3. The summed E-state index contributed by atoms with van der Waals surface area (Å²) in [5.74, 6) is 0. The normalized spacial score (nSPS) is 24.6. The Labute approximate surface area is 108 Å². The molecule has 1 aromatic heterocycles. The molecule has 2 N–H and O–H groups in total. The smallest absolute Gasteiger partial charge is 0.0685 e. The number of rotatable bonds is 2. The summed E-state index contributed by atoms with van der Waals surface area (Å²) in [6, 6.07) is 7.63. The van der Waals surface area contributed by atoms with Gasteiger partial charge in [-0.15, -0.1) is 0 Å². The van der Waals surface area contributed by atoms with Crippen LogP contribution in [-0.2, 0) is 6.42 Å². The van der Waals surface area contributed by atoms with E-state index in [-0.39, 0.29) is 0 Å². The van der Waals surface area contributed by atoms with Crippen molar-refractivity contribution in [1.82, 2.24) is 9.78 Å². The van der Waals surface area contributed by atoms with Crippen molar-refractivity contribution in [2.24, 2.45) is 5.73 Å². The monoisotopic (exact) mass is 243 g/mol. The van der Waals surface area contributed by atoms with E-state index >= 15 is 0 Å². The van der Waals surface area contributed by atoms with Gasteiger partial charge < -0.3 is 5.73 Å². The van der Waals surface area contributed by atoms with Gasteiger partial charge in [-0.1, -0.05) is 13.0 Å². The number of nitrogens with two attached hydrogens (primary N) is 1. The van der Waals surface area contributed by atoms with Crippen LogP contribution in [0.15, 0.2) is 24.4 Å². The minimum absolute atomic E-state index is 0.398. The lowest BCUT2D eigenvalue weighted by Gasteiger charge is -2.26. The summed E-state index contributed by atoms with van der Waals surface area (Å²) in [6.07, 6.45) is 7.65. The van der Waals surface area contributed by atoms with Crippen molar-refractivity contribution in [1.29, 1.82) is 0 Å². The standard InChI is InChI=1S/C15H21N3/c1-2-11-3-8-15-12(9-11)10-17-18(15)14-6-4-13(16)5-7-14/h3,8-10,13-14H,2,4-7,16H2,1H3/t13-,14+. The highest BCUT2D eigenvalue weighted by molar-refractivity contribution is 5.79. The summed E-state index contributed by atoms with van der Waals surface area (Å²) in [6.45, 7) is 2.19. The maximum absolute atomic E-state index is 5.97. The van der Waals surface area contributed by atoms with Gasteiger partial charge in [-0.3, -0.25) is 4.68 Å². The highest BCUT2D eigenvalue weighted by Gasteiger charge is 2.21. The topological polar surface area (TPSA) is 43.8 Å². The van der Waals surface area contributed by atoms with Gasteiger partial charge in [0.15, 0.2) is 0 Å². The third-order valence-corrected chi connectivity index (χ3v) is 4.16. The van der Waals surface area contributed by atoms with Crippen molar-refractivity contribution in [2.45, 2.75) is 51.1 Å². The molecule has 1 aliphatic carbocycles. The van der Waals surface area contributed by atoms with Crippen molar-refractivity contribution in [3.05, 3.63) is 30.0 Å². The number of aryl methyl sites for hydroxylation is 1. The Bertz CT molecular complexity index is 536. The van der Waals surface area contributed by atoms with E-state index in [1.54, 1.807) is 0 Å². The Morgan fingerprint density at radius 2 is 2.06 bits per heavy atom. The largest absolute Gasteiger partial charge is 0.328 e. The summed E-state index contributed by atoms with van der Waals surface area (Å²) in [5.41, 5.74) is 8.62. The quantitative estimate of drug-likeness (QED) is 0.881. The summed E-state index contributed by atoms with van der Waals surface area (Å²) in [4.78, 5) is 0. The molecule has 0 atom stereocenters. The maximum Gasteiger partial charge on any atom is 0.0685 e. The molecule has 0 spiro atoms. The first-order valence-corrected chi connectivity index (χ1v) is 6.99. The zero-order valence-corrected chi connectivity index (χ0v) is 11.0. The summed E-state index contributed by atoms with van der Waals surface area (Å²) >= 11 is 0. The Kier molecular flexibility index (Phi) is 3.08. The number of hydrogen-bond acceptors (Lipinski definition) is 2. The molecule has 1 aliphatic rings. The van der Waals surface area contributed by atoms with Crippen molar-refractivity contribution < 1.29 is 0 Å². The van der Waals surface area contributed by atoms with E-state index in [0.717, 1.165) is 32.1 Å². The Balaban J connectivity index is 1.93. The van der Waals surface area contributed by atoms with Crippen molar-refractivity contribution in [3.8, 4) is 0 Å². The molecular formula is C15H21N3. The number of nitrogens with zero attached hydrogens (tertiary/aromatic N) is 2. The molecule has 0 amide bonds. The molecule has 96 valence electrons. The van der Waals surface area contributed by atoms with Crippen LogP contribution in [0, 0.1) is 0 Å². The predicted octanol–water partition coefficient (Wildman–Crippen LogP) is 3.04. The molecule has 3 nitrogen and oxygen atoms in total. The fraction of sp³-hybridized carbons (Fsp3) is 0.533. The zero-order chi connectivity index (χ0) is 12.5. The van der Waals surface area contributed by atoms with Crippen molar-refractivity contribution >= 4 is 10.9 Å². The fourth-order valence-corrected chi connectivity index (χ4v) is 2.96. The van der Waals surface area contributed by atoms with Crippen LogP contribution in [0.2, 0.25) is 0 Å². The van der Waals surface area contributed by atoms with Crippen LogP contribution in [0.4, 0.5) is 0 Å². The third kappa shape index (κ3) is 2.03. The number of aromatic nitrogens is 2. The second-order valence-electron chi connectivity index (χ2n) is 5.40. The number of benzene rings is 1. The molecule has 1 saturated carbocycles. The van der Waals surface area contributed by atoms with Gasteiger partial charge in [-0.05, 0) is 49.8 Å². The SMILES string of the molecule is CCc1ccc2c(cnn2[C@H]2CC[C@@H](N)CC2)c1. The van der Waals surface area contributed by atoms with E-state index in [1.165, 1.54) is 16.5 Å². The molecule has 0 saturated heterocycles. The fourth-order valence-electron chi connectivity index (χ4n) is 2.96. The summed E-state index contributed by atoms with van der Waals surface area (Å²) in [7, 11) is 0. The Morgan fingerprint density at radius 3 is 2.78 bits per heavy atom. The third-order valence-electron chi connectivity index (χ3n) is 4.16. The average molecular weight is 243 g/mol. The van der Waals surface area contributed by atoms with Crippen LogP contribution in [0.5, 0.6) is 0 Å². The van der Waals surface area contributed by atoms with E-state index < -0.39 is 0 Å². The number of fused-ring (bicyclic) bond motifs is 1. The van der Waals surface area contributed by atoms with Gasteiger partial charge in [0.05, 0.1) is 17.8 Å². The van der Waals surface area contributed by atoms with E-state index in [9.17, 15) is 0 Å². The lowest BCUT2D eigenvalue weighted by atomic mass is 9.92. The van der Waals surface area contributed by atoms with Gasteiger partial charge in [0.1, 0.15) is 0 Å². The minimum atomic E-state index is 0.398. The van der Waals surface area contributed by atoms with Crippen molar-refractivity contribution in [3.63, 3.8) is 0 Å². The maximum atomic E-state index is 5.97. The molecule has 18 heavy (non-hydrogen) atoms. The van der Waals surface area contributed by atoms with Gasteiger partial charge in [0, 0.05) is 11.4 Å². The zero-order valence-electron chi connectivity index (χ0n) is 11.0. The first-order chi connectivity index (χ1) is 8.78. The molecule has 0 aliphatic heterocycles. The molecule has 2 aromatic rings. The molecule has 0 bridgehead atoms. The average Bonchev–Trinajstić information content (AvgIpc) is 2.82. The summed E-state index contributed by atoms with van der Waals surface area (Å²) in [5, 5.41) is 5.86. The molecule has 1 heterocycles. The van der Waals surface area contributed by atoms with Crippen LogP contribution in [-0.4, -0.2) is 15.8 Å². The van der Waals surface area contributed by atoms with Gasteiger partial charge in [-0.2, -0.15) is 5.10 Å². The first kappa shape index (κ1) is 11.7. The first-order valence-electron chi connectivity index (χ1n) is 6.99. The highest BCUT2D eigenvalue weighted by Crippen LogP contribution is 2.30. The molecule has 0 radical (unpaired) electrons. The Morgan fingerprint density at radius 1 is 1.28 bits per heavy atom. The van der Waals surface area contributed by atoms with E-state index in [0.29, 0.717) is 12.1 Å². The molecule has 3 rings (SSSR count). The molecule has 1 fully saturated rings. The van der Waals surface area contributed by atoms with E-state index in [1.807, 2.05) is 6.20 Å². The van der Waals surface area contributed by atoms with Gasteiger partial charge >= 0.3 is 0 Å². The molecular weight excluding hydrogens is 222 g/mol. The Hall–Kier alpha value is -1.35. The van der Waals surface area contributed by atoms with Gasteiger partial charge in [0.25, 0.3) is 0 Å². The second-order valence-corrected chi connectivity index (χ2v) is 5.40. The van der Waals surface area contributed by atoms with Crippen LogP contribution in [0.25, 0.3) is 10.9 Å². The lowest BCUT2D eigenvalue weighted by molar-refractivity contribution is 0.311. The molecule has 3 heteroatoms. The molecule has 0 unspecified atom stereocenters. The van der Waals surface area contributed by atoms with E-state index in [4.69, 9.17) is 5.73 Å². The van der Waals surface area contributed by atoms with Crippen LogP contribution in [0.3, 0.4) is 0 Å². The van der Waals surface area contributed by atoms with Crippen LogP contribution >= 0.6 is 0 Å². The van der Waals surface area contributed by atoms with Crippen LogP contribution in [0.1, 0.15) is 44.2 Å². The lowest BCUT2D eigenvalue weighted by Crippen LogP contribution is -2.28.